The standard InChI is InChI=1S/C14H22ClN3O/c1-9-6-14(19,8-18(9)11-4-5-11)7-12-13(15)10(2)16-17(12)3/h9,11,19H,4-8H2,1-3H3. The van der Waals surface area contributed by atoms with Gasteiger partial charge in [-0.1, -0.05) is 11.6 Å². The third-order valence-corrected chi connectivity index (χ3v) is 4.98. The Balaban J connectivity index is 1.78. The predicted octanol–water partition coefficient (Wildman–Crippen LogP) is 1.91. The molecule has 1 saturated carbocycles. The largest absolute Gasteiger partial charge is 0.388 e. The maximum atomic E-state index is 10.9. The molecule has 1 aliphatic carbocycles. The first-order valence-electron chi connectivity index (χ1n) is 7.06. The van der Waals surface area contributed by atoms with Gasteiger partial charge in [0.1, 0.15) is 0 Å². The summed E-state index contributed by atoms with van der Waals surface area (Å²) in [7, 11) is 1.90. The van der Waals surface area contributed by atoms with Crippen LogP contribution in [0, 0.1) is 6.92 Å². The zero-order valence-electron chi connectivity index (χ0n) is 11.9. The van der Waals surface area contributed by atoms with E-state index in [1.54, 1.807) is 4.68 Å². The van der Waals surface area contributed by atoms with Crippen LogP contribution >= 0.6 is 11.6 Å². The van der Waals surface area contributed by atoms with Crippen molar-refractivity contribution < 1.29 is 5.11 Å². The molecule has 1 aromatic heterocycles. The summed E-state index contributed by atoms with van der Waals surface area (Å²) in [5, 5.41) is 15.9. The monoisotopic (exact) mass is 283 g/mol. The van der Waals surface area contributed by atoms with Crippen LogP contribution in [0.2, 0.25) is 5.02 Å². The van der Waals surface area contributed by atoms with Crippen LogP contribution in [0.15, 0.2) is 0 Å². The molecule has 0 bridgehead atoms. The first kappa shape index (κ1) is 13.4. The lowest BCUT2D eigenvalue weighted by molar-refractivity contribution is 0.0469. The van der Waals surface area contributed by atoms with Gasteiger partial charge in [-0.25, -0.2) is 0 Å². The van der Waals surface area contributed by atoms with Crippen molar-refractivity contribution >= 4 is 11.6 Å². The molecule has 2 fully saturated rings. The second-order valence-electron chi connectivity index (χ2n) is 6.33. The number of rotatable bonds is 3. The van der Waals surface area contributed by atoms with Gasteiger partial charge in [0.05, 0.1) is 22.0 Å². The van der Waals surface area contributed by atoms with Gasteiger partial charge in [0.2, 0.25) is 0 Å². The second-order valence-corrected chi connectivity index (χ2v) is 6.71. The summed E-state index contributed by atoms with van der Waals surface area (Å²) >= 11 is 6.29. The lowest BCUT2D eigenvalue weighted by Crippen LogP contribution is -2.37. The molecule has 1 aliphatic heterocycles. The number of halogens is 1. The van der Waals surface area contributed by atoms with Gasteiger partial charge in [-0.05, 0) is 33.1 Å². The van der Waals surface area contributed by atoms with E-state index in [-0.39, 0.29) is 0 Å². The van der Waals surface area contributed by atoms with Crippen molar-refractivity contribution in [3.8, 4) is 0 Å². The summed E-state index contributed by atoms with van der Waals surface area (Å²) in [5.74, 6) is 0. The highest BCUT2D eigenvalue weighted by molar-refractivity contribution is 6.31. The van der Waals surface area contributed by atoms with E-state index < -0.39 is 5.60 Å². The van der Waals surface area contributed by atoms with Gasteiger partial charge in [-0.15, -0.1) is 0 Å². The molecule has 0 radical (unpaired) electrons. The molecule has 19 heavy (non-hydrogen) atoms. The number of β-amino-alcohol motifs (C(OH)–C–C–N with tert-alkyl or cyclic N) is 1. The Kier molecular flexibility index (Phi) is 3.15. The number of aliphatic hydroxyl groups is 1. The highest BCUT2D eigenvalue weighted by Crippen LogP contribution is 2.39. The molecule has 3 rings (SSSR count). The Labute approximate surface area is 119 Å². The van der Waals surface area contributed by atoms with Crippen molar-refractivity contribution in [2.45, 2.75) is 57.2 Å². The van der Waals surface area contributed by atoms with Crippen molar-refractivity contribution in [3.63, 3.8) is 0 Å². The van der Waals surface area contributed by atoms with E-state index in [9.17, 15) is 5.11 Å². The minimum atomic E-state index is -0.661. The summed E-state index contributed by atoms with van der Waals surface area (Å²) in [4.78, 5) is 2.46. The molecule has 106 valence electrons. The number of hydrogen-bond donors (Lipinski definition) is 1. The molecule has 1 saturated heterocycles. The Bertz CT molecular complexity index is 497. The molecule has 2 heterocycles. The number of likely N-dealkylation sites (tertiary alicyclic amines) is 1. The smallest absolute Gasteiger partial charge is 0.0848 e. The van der Waals surface area contributed by atoms with Crippen molar-refractivity contribution in [1.82, 2.24) is 14.7 Å². The molecule has 2 aliphatic rings. The average molecular weight is 284 g/mol. The van der Waals surface area contributed by atoms with Crippen LogP contribution in [0.5, 0.6) is 0 Å². The predicted molar refractivity (Wildman–Crippen MR) is 75.4 cm³/mol. The highest BCUT2D eigenvalue weighted by Gasteiger charge is 2.46. The molecule has 5 heteroatoms. The summed E-state index contributed by atoms with van der Waals surface area (Å²) < 4.78 is 1.81. The van der Waals surface area contributed by atoms with Gasteiger partial charge in [0.15, 0.2) is 0 Å². The molecule has 1 N–H and O–H groups in total. The van der Waals surface area contributed by atoms with Gasteiger partial charge in [0.25, 0.3) is 0 Å². The first-order chi connectivity index (χ1) is 8.89. The van der Waals surface area contributed by atoms with E-state index in [2.05, 4.69) is 16.9 Å². The normalized spacial score (nSPS) is 32.2. The molecule has 2 atom stereocenters. The van der Waals surface area contributed by atoms with Crippen LogP contribution in [0.3, 0.4) is 0 Å². The van der Waals surface area contributed by atoms with E-state index in [0.29, 0.717) is 23.5 Å². The van der Waals surface area contributed by atoms with E-state index in [4.69, 9.17) is 11.6 Å². The number of aryl methyl sites for hydroxylation is 2. The van der Waals surface area contributed by atoms with Crippen molar-refractivity contribution in [2.75, 3.05) is 6.54 Å². The van der Waals surface area contributed by atoms with Gasteiger partial charge in [0, 0.05) is 32.1 Å². The van der Waals surface area contributed by atoms with Gasteiger partial charge < -0.3 is 5.11 Å². The van der Waals surface area contributed by atoms with Crippen molar-refractivity contribution in [3.05, 3.63) is 16.4 Å². The van der Waals surface area contributed by atoms with Gasteiger partial charge in [-0.3, -0.25) is 9.58 Å². The van der Waals surface area contributed by atoms with Crippen LogP contribution in [-0.2, 0) is 13.5 Å². The summed E-state index contributed by atoms with van der Waals surface area (Å²) in [6.45, 7) is 4.88. The van der Waals surface area contributed by atoms with Crippen LogP contribution in [0.1, 0.15) is 37.6 Å². The minimum absolute atomic E-state index is 0.464. The lowest BCUT2D eigenvalue weighted by Gasteiger charge is -2.24. The number of hydrogen-bond acceptors (Lipinski definition) is 3. The molecule has 0 amide bonds. The molecule has 4 nitrogen and oxygen atoms in total. The first-order valence-corrected chi connectivity index (χ1v) is 7.43. The minimum Gasteiger partial charge on any atom is -0.388 e. The molecule has 2 unspecified atom stereocenters. The fourth-order valence-electron chi connectivity index (χ4n) is 3.43. The molecular formula is C14H22ClN3O. The van der Waals surface area contributed by atoms with E-state index >= 15 is 0 Å². The molecular weight excluding hydrogens is 262 g/mol. The topological polar surface area (TPSA) is 41.3 Å². The average Bonchev–Trinajstić information content (AvgIpc) is 3.08. The van der Waals surface area contributed by atoms with Crippen molar-refractivity contribution in [2.24, 2.45) is 7.05 Å². The lowest BCUT2D eigenvalue weighted by atomic mass is 9.94. The zero-order valence-corrected chi connectivity index (χ0v) is 12.6. The maximum Gasteiger partial charge on any atom is 0.0848 e. The Morgan fingerprint density at radius 1 is 1.47 bits per heavy atom. The fourth-order valence-corrected chi connectivity index (χ4v) is 3.66. The van der Waals surface area contributed by atoms with Crippen LogP contribution < -0.4 is 0 Å². The van der Waals surface area contributed by atoms with E-state index in [1.807, 2.05) is 14.0 Å². The fraction of sp³-hybridized carbons (Fsp3) is 0.786. The molecule has 0 spiro atoms. The second kappa shape index (κ2) is 4.47. The third kappa shape index (κ3) is 2.41. The quantitative estimate of drug-likeness (QED) is 0.921. The van der Waals surface area contributed by atoms with E-state index in [1.165, 1.54) is 12.8 Å². The third-order valence-electron chi connectivity index (χ3n) is 4.49. The Morgan fingerprint density at radius 3 is 2.68 bits per heavy atom. The number of nitrogens with zero attached hydrogens (tertiary/aromatic N) is 3. The zero-order chi connectivity index (χ0) is 13.8. The highest BCUT2D eigenvalue weighted by atomic mass is 35.5. The Hall–Kier alpha value is -0.580. The molecule has 0 aromatic carbocycles. The summed E-state index contributed by atoms with van der Waals surface area (Å²) in [6, 6.07) is 1.17. The number of aromatic nitrogens is 2. The van der Waals surface area contributed by atoms with Gasteiger partial charge in [-0.2, -0.15) is 5.10 Å². The van der Waals surface area contributed by atoms with Crippen molar-refractivity contribution in [1.29, 1.82) is 0 Å². The van der Waals surface area contributed by atoms with Crippen LogP contribution in [-0.4, -0.2) is 44.0 Å². The Morgan fingerprint density at radius 2 is 2.16 bits per heavy atom. The van der Waals surface area contributed by atoms with Crippen LogP contribution in [0.4, 0.5) is 0 Å². The van der Waals surface area contributed by atoms with Gasteiger partial charge >= 0.3 is 0 Å². The SMILES string of the molecule is Cc1nn(C)c(CC2(O)CC(C)N(C3CC3)C2)c1Cl. The molecule has 1 aromatic rings. The summed E-state index contributed by atoms with van der Waals surface area (Å²) in [6.07, 6.45) is 3.98. The van der Waals surface area contributed by atoms with E-state index in [0.717, 1.165) is 24.4 Å². The maximum absolute atomic E-state index is 10.9. The summed E-state index contributed by atoms with van der Waals surface area (Å²) in [5.41, 5.74) is 1.13. The van der Waals surface area contributed by atoms with Crippen LogP contribution in [0.25, 0.3) is 0 Å².